The number of methoxy groups -OCH3 is 1. The highest BCUT2D eigenvalue weighted by Gasteiger charge is 2.13. The summed E-state index contributed by atoms with van der Waals surface area (Å²) in [6.45, 7) is 1.33. The quantitative estimate of drug-likeness (QED) is 0.375. The fraction of sp³-hybridized carbons (Fsp3) is 0.200. The molecule has 0 bridgehead atoms. The van der Waals surface area contributed by atoms with E-state index in [4.69, 9.17) is 18.6 Å². The Morgan fingerprint density at radius 3 is 2.72 bits per heavy atom. The number of amides is 1. The van der Waals surface area contributed by atoms with Gasteiger partial charge in [0.25, 0.3) is 5.91 Å². The topological polar surface area (TPSA) is 82.8 Å². The number of nitrogens with one attached hydrogen (secondary N) is 1. The first kappa shape index (κ1) is 21.4. The van der Waals surface area contributed by atoms with Gasteiger partial charge in [-0.3, -0.25) is 4.79 Å². The summed E-state index contributed by atoms with van der Waals surface area (Å²) < 4.78 is 22.1. The maximum absolute atomic E-state index is 12.5. The molecule has 0 aliphatic heterocycles. The molecule has 0 spiro atoms. The molecule has 7 nitrogen and oxygen atoms in total. The number of nitrogens with zero attached hydrogens (tertiary/aromatic N) is 1. The largest absolute Gasteiger partial charge is 0.486 e. The molecule has 7 heteroatoms. The molecule has 2 heterocycles. The van der Waals surface area contributed by atoms with Crippen molar-refractivity contribution in [3.63, 3.8) is 0 Å². The summed E-state index contributed by atoms with van der Waals surface area (Å²) in [6, 6.07) is 21.0. The van der Waals surface area contributed by atoms with Gasteiger partial charge in [0.1, 0.15) is 24.7 Å². The molecular weight excluding hydrogens is 408 g/mol. The van der Waals surface area contributed by atoms with E-state index >= 15 is 0 Å². The summed E-state index contributed by atoms with van der Waals surface area (Å²) >= 11 is 0. The third-order valence-corrected chi connectivity index (χ3v) is 4.80. The number of carbonyl (C=O) groups excluding carboxylic acids is 1. The van der Waals surface area contributed by atoms with E-state index in [1.54, 1.807) is 31.5 Å². The van der Waals surface area contributed by atoms with E-state index in [1.807, 2.05) is 42.5 Å². The number of furan rings is 1. The Balaban J connectivity index is 1.32. The molecule has 0 radical (unpaired) electrons. The van der Waals surface area contributed by atoms with Gasteiger partial charge in [-0.1, -0.05) is 36.4 Å². The van der Waals surface area contributed by atoms with Crippen LogP contribution in [0, 0.1) is 0 Å². The number of hydrogen-bond acceptors (Lipinski definition) is 6. The Kier molecular flexibility index (Phi) is 6.99. The average Bonchev–Trinajstić information content (AvgIpc) is 3.31. The molecule has 0 saturated carbocycles. The van der Waals surface area contributed by atoms with Gasteiger partial charge in [-0.05, 0) is 41.1 Å². The Morgan fingerprint density at radius 1 is 0.969 bits per heavy atom. The SMILES string of the molecule is COCCOc1ncccc1CNC(=O)c1ccc(COc2ccc3ccccc3c2)o1. The molecule has 0 saturated heterocycles. The molecule has 32 heavy (non-hydrogen) atoms. The lowest BCUT2D eigenvalue weighted by molar-refractivity contribution is 0.0918. The van der Waals surface area contributed by atoms with Crippen molar-refractivity contribution in [3.8, 4) is 11.6 Å². The lowest BCUT2D eigenvalue weighted by atomic mass is 10.1. The maximum Gasteiger partial charge on any atom is 0.287 e. The van der Waals surface area contributed by atoms with E-state index in [0.717, 1.165) is 22.1 Å². The number of fused-ring (bicyclic) bond motifs is 1. The van der Waals surface area contributed by atoms with Crippen molar-refractivity contribution in [1.82, 2.24) is 10.3 Å². The minimum Gasteiger partial charge on any atom is -0.486 e. The van der Waals surface area contributed by atoms with Crippen LogP contribution in [0.2, 0.25) is 0 Å². The van der Waals surface area contributed by atoms with E-state index in [0.29, 0.717) is 24.9 Å². The molecular formula is C25H24N2O5. The smallest absolute Gasteiger partial charge is 0.287 e. The van der Waals surface area contributed by atoms with Crippen LogP contribution < -0.4 is 14.8 Å². The summed E-state index contributed by atoms with van der Waals surface area (Å²) in [5, 5.41) is 5.08. The van der Waals surface area contributed by atoms with Crippen LogP contribution in [0.15, 0.2) is 77.3 Å². The van der Waals surface area contributed by atoms with Crippen LogP contribution >= 0.6 is 0 Å². The molecule has 2 aromatic carbocycles. The van der Waals surface area contributed by atoms with E-state index in [-0.39, 0.29) is 24.8 Å². The van der Waals surface area contributed by atoms with Crippen molar-refractivity contribution < 1.29 is 23.4 Å². The maximum atomic E-state index is 12.5. The van der Waals surface area contributed by atoms with Gasteiger partial charge in [-0.2, -0.15) is 0 Å². The fourth-order valence-electron chi connectivity index (χ4n) is 3.16. The first-order chi connectivity index (χ1) is 15.7. The monoisotopic (exact) mass is 432 g/mol. The van der Waals surface area contributed by atoms with Gasteiger partial charge in [0.05, 0.1) is 6.61 Å². The van der Waals surface area contributed by atoms with E-state index in [1.165, 1.54) is 0 Å². The molecule has 2 aromatic heterocycles. The molecule has 0 fully saturated rings. The van der Waals surface area contributed by atoms with Crippen molar-refractivity contribution in [3.05, 3.63) is 90.0 Å². The van der Waals surface area contributed by atoms with E-state index in [2.05, 4.69) is 16.4 Å². The zero-order valence-electron chi connectivity index (χ0n) is 17.7. The molecule has 1 N–H and O–H groups in total. The highest BCUT2D eigenvalue weighted by Crippen LogP contribution is 2.22. The average molecular weight is 432 g/mol. The van der Waals surface area contributed by atoms with Crippen LogP contribution in [-0.4, -0.2) is 31.2 Å². The summed E-state index contributed by atoms with van der Waals surface area (Å²) in [6.07, 6.45) is 1.64. The van der Waals surface area contributed by atoms with Crippen LogP contribution in [0.4, 0.5) is 0 Å². The van der Waals surface area contributed by atoms with Gasteiger partial charge in [0, 0.05) is 25.4 Å². The predicted molar refractivity (Wildman–Crippen MR) is 120 cm³/mol. The summed E-state index contributed by atoms with van der Waals surface area (Å²) in [5.41, 5.74) is 0.767. The number of benzene rings is 2. The van der Waals surface area contributed by atoms with Crippen LogP contribution in [-0.2, 0) is 17.9 Å². The molecule has 4 aromatic rings. The first-order valence-electron chi connectivity index (χ1n) is 10.3. The second-order valence-corrected chi connectivity index (χ2v) is 7.06. The second-order valence-electron chi connectivity index (χ2n) is 7.06. The highest BCUT2D eigenvalue weighted by molar-refractivity contribution is 5.91. The summed E-state index contributed by atoms with van der Waals surface area (Å²) in [5.74, 6) is 1.66. The second kappa shape index (κ2) is 10.5. The molecule has 0 unspecified atom stereocenters. The zero-order valence-corrected chi connectivity index (χ0v) is 17.7. The Labute approximate surface area is 185 Å². The van der Waals surface area contributed by atoms with E-state index < -0.39 is 0 Å². The van der Waals surface area contributed by atoms with Crippen LogP contribution in [0.3, 0.4) is 0 Å². The summed E-state index contributed by atoms with van der Waals surface area (Å²) in [4.78, 5) is 16.7. The Hall–Kier alpha value is -3.84. The molecule has 1 amide bonds. The number of carbonyl (C=O) groups is 1. The van der Waals surface area contributed by atoms with Gasteiger partial charge in [0.2, 0.25) is 5.88 Å². The minimum atomic E-state index is -0.325. The van der Waals surface area contributed by atoms with Crippen LogP contribution in [0.1, 0.15) is 21.9 Å². The van der Waals surface area contributed by atoms with Crippen molar-refractivity contribution in [1.29, 1.82) is 0 Å². The number of hydrogen-bond donors (Lipinski definition) is 1. The highest BCUT2D eigenvalue weighted by atomic mass is 16.5. The Morgan fingerprint density at radius 2 is 1.84 bits per heavy atom. The molecule has 0 aliphatic rings. The number of aromatic nitrogens is 1. The number of ether oxygens (including phenoxy) is 3. The van der Waals surface area contributed by atoms with Gasteiger partial charge in [0.15, 0.2) is 5.76 Å². The normalized spacial score (nSPS) is 10.8. The van der Waals surface area contributed by atoms with Gasteiger partial charge >= 0.3 is 0 Å². The third-order valence-electron chi connectivity index (χ3n) is 4.80. The van der Waals surface area contributed by atoms with Gasteiger partial charge in [-0.25, -0.2) is 4.98 Å². The minimum absolute atomic E-state index is 0.216. The molecule has 4 rings (SSSR count). The molecule has 0 aliphatic carbocycles. The van der Waals surface area contributed by atoms with Crippen molar-refractivity contribution >= 4 is 16.7 Å². The van der Waals surface area contributed by atoms with Gasteiger partial charge in [-0.15, -0.1) is 0 Å². The standard InChI is InChI=1S/C25H24N2O5/c1-29-13-14-30-25-20(7-4-12-26-25)16-27-24(28)23-11-10-22(32-23)17-31-21-9-8-18-5-2-3-6-19(18)15-21/h2-12,15H,13-14,16-17H2,1H3,(H,27,28). The molecule has 0 atom stereocenters. The van der Waals surface area contributed by atoms with Crippen LogP contribution in [0.25, 0.3) is 10.8 Å². The van der Waals surface area contributed by atoms with Crippen molar-refractivity contribution in [2.45, 2.75) is 13.2 Å². The lowest BCUT2D eigenvalue weighted by Crippen LogP contribution is -2.23. The van der Waals surface area contributed by atoms with Crippen molar-refractivity contribution in [2.75, 3.05) is 20.3 Å². The molecule has 164 valence electrons. The third kappa shape index (κ3) is 5.44. The number of pyridine rings is 1. The predicted octanol–water partition coefficient (Wildman–Crippen LogP) is 4.36. The van der Waals surface area contributed by atoms with Crippen LogP contribution in [0.5, 0.6) is 11.6 Å². The fourth-order valence-corrected chi connectivity index (χ4v) is 3.16. The number of rotatable bonds is 10. The lowest BCUT2D eigenvalue weighted by Gasteiger charge is -2.10. The summed E-state index contributed by atoms with van der Waals surface area (Å²) in [7, 11) is 1.60. The zero-order chi connectivity index (χ0) is 22.2. The first-order valence-corrected chi connectivity index (χ1v) is 10.3. The van der Waals surface area contributed by atoms with Gasteiger partial charge < -0.3 is 23.9 Å². The van der Waals surface area contributed by atoms with Crippen molar-refractivity contribution in [2.24, 2.45) is 0 Å². The van der Waals surface area contributed by atoms with E-state index in [9.17, 15) is 4.79 Å². The Bertz CT molecular complexity index is 1190.